The van der Waals surface area contributed by atoms with E-state index in [9.17, 15) is 10.0 Å². The van der Waals surface area contributed by atoms with E-state index >= 15 is 0 Å². The van der Waals surface area contributed by atoms with Crippen LogP contribution in [0.3, 0.4) is 0 Å². The van der Waals surface area contributed by atoms with Crippen LogP contribution in [-0.2, 0) is 4.79 Å². The summed E-state index contributed by atoms with van der Waals surface area (Å²) in [4.78, 5) is 15.0. The fourth-order valence-corrected chi connectivity index (χ4v) is 3.92. The third-order valence-electron chi connectivity index (χ3n) is 4.42. The Labute approximate surface area is 161 Å². The van der Waals surface area contributed by atoms with Crippen LogP contribution < -0.4 is 14.4 Å². The molecule has 27 heavy (non-hydrogen) atoms. The minimum absolute atomic E-state index is 0.0616. The summed E-state index contributed by atoms with van der Waals surface area (Å²) in [5, 5.41) is 12.3. The summed E-state index contributed by atoms with van der Waals surface area (Å²) in [5.41, 5.74) is 1.77. The highest BCUT2D eigenvalue weighted by atomic mass is 32.2. The molecule has 0 fully saturated rings. The number of benzene rings is 2. The van der Waals surface area contributed by atoms with E-state index in [0.29, 0.717) is 17.4 Å². The maximum absolute atomic E-state index is 13.2. The van der Waals surface area contributed by atoms with Crippen molar-refractivity contribution in [1.29, 1.82) is 0 Å². The van der Waals surface area contributed by atoms with E-state index in [1.54, 1.807) is 23.1 Å². The fourth-order valence-electron chi connectivity index (χ4n) is 3.15. The smallest absolute Gasteiger partial charge is 0.251 e. The lowest BCUT2D eigenvalue weighted by molar-refractivity contribution is -0.645. The van der Waals surface area contributed by atoms with Crippen LogP contribution in [0.1, 0.15) is 11.6 Å². The molecule has 0 saturated heterocycles. The quantitative estimate of drug-likeness (QED) is 0.396. The van der Waals surface area contributed by atoms with Gasteiger partial charge in [0.05, 0.1) is 17.5 Å². The minimum Gasteiger partial charge on any atom is -0.618 e. The van der Waals surface area contributed by atoms with E-state index in [-0.39, 0.29) is 17.7 Å². The third-order valence-corrected chi connectivity index (χ3v) is 5.42. The summed E-state index contributed by atoms with van der Waals surface area (Å²) < 4.78 is 6.68. The van der Waals surface area contributed by atoms with E-state index < -0.39 is 0 Å². The standard InChI is InChI=1S/C21H18N2O3S/c24-20(15-27-21-12-6-7-13-22(21)25)23-17-10-4-5-11-19(17)26-14-18(23)16-8-2-1-3-9-16/h1-13,18H,14-15H2. The molecule has 2 aromatic carbocycles. The van der Waals surface area contributed by atoms with Crippen molar-refractivity contribution >= 4 is 23.4 Å². The molecule has 0 bridgehead atoms. The highest BCUT2D eigenvalue weighted by Gasteiger charge is 2.33. The lowest BCUT2D eigenvalue weighted by Crippen LogP contribution is -2.42. The molecule has 1 aromatic heterocycles. The van der Waals surface area contributed by atoms with Gasteiger partial charge in [-0.2, -0.15) is 4.73 Å². The Morgan fingerprint density at radius 3 is 2.63 bits per heavy atom. The van der Waals surface area contributed by atoms with E-state index in [1.165, 1.54) is 18.0 Å². The molecular formula is C21H18N2O3S. The van der Waals surface area contributed by atoms with Crippen molar-refractivity contribution in [2.24, 2.45) is 0 Å². The number of aromatic nitrogens is 1. The topological polar surface area (TPSA) is 56.5 Å². The molecule has 3 aromatic rings. The first kappa shape index (κ1) is 17.4. The van der Waals surface area contributed by atoms with Gasteiger partial charge < -0.3 is 9.94 Å². The second kappa shape index (κ2) is 7.72. The van der Waals surface area contributed by atoms with Crippen LogP contribution in [-0.4, -0.2) is 18.3 Å². The highest BCUT2D eigenvalue weighted by Crippen LogP contribution is 2.39. The van der Waals surface area contributed by atoms with Gasteiger partial charge in [0.2, 0.25) is 5.91 Å². The van der Waals surface area contributed by atoms with Crippen LogP contribution >= 0.6 is 11.8 Å². The van der Waals surface area contributed by atoms with Gasteiger partial charge in [-0.1, -0.05) is 42.5 Å². The maximum Gasteiger partial charge on any atom is 0.251 e. The second-order valence-electron chi connectivity index (χ2n) is 6.12. The lowest BCUT2D eigenvalue weighted by Gasteiger charge is -2.37. The molecular weight excluding hydrogens is 360 g/mol. The van der Waals surface area contributed by atoms with Crippen molar-refractivity contribution in [3.63, 3.8) is 0 Å². The number of anilines is 1. The van der Waals surface area contributed by atoms with E-state index in [4.69, 9.17) is 4.74 Å². The van der Waals surface area contributed by atoms with E-state index in [1.807, 2.05) is 54.6 Å². The van der Waals surface area contributed by atoms with Gasteiger partial charge in [-0.25, -0.2) is 0 Å². The van der Waals surface area contributed by atoms with Gasteiger partial charge in [-0.3, -0.25) is 9.69 Å². The van der Waals surface area contributed by atoms with Crippen LogP contribution in [0.4, 0.5) is 5.69 Å². The first-order valence-electron chi connectivity index (χ1n) is 8.64. The molecule has 4 rings (SSSR count). The Kier molecular flexibility index (Phi) is 4.98. The molecule has 136 valence electrons. The Balaban J connectivity index is 1.63. The molecule has 0 radical (unpaired) electrons. The summed E-state index contributed by atoms with van der Waals surface area (Å²) in [6, 6.07) is 22.4. The molecule has 1 aliphatic heterocycles. The number of hydrogen-bond donors (Lipinski definition) is 0. The van der Waals surface area contributed by atoms with Gasteiger partial charge in [0.25, 0.3) is 5.03 Å². The molecule has 0 aliphatic carbocycles. The van der Waals surface area contributed by atoms with Gasteiger partial charge in [0.15, 0.2) is 6.20 Å². The Morgan fingerprint density at radius 2 is 1.81 bits per heavy atom. The monoisotopic (exact) mass is 378 g/mol. The first-order valence-corrected chi connectivity index (χ1v) is 9.62. The number of carbonyl (C=O) groups is 1. The number of ether oxygens (including phenoxy) is 1. The predicted octanol–water partition coefficient (Wildman–Crippen LogP) is 3.58. The number of fused-ring (bicyclic) bond motifs is 1. The van der Waals surface area contributed by atoms with Gasteiger partial charge in [0, 0.05) is 12.1 Å². The molecule has 1 atom stereocenters. The molecule has 5 nitrogen and oxygen atoms in total. The summed E-state index contributed by atoms with van der Waals surface area (Å²) >= 11 is 1.24. The number of hydrogen-bond acceptors (Lipinski definition) is 4. The summed E-state index contributed by atoms with van der Waals surface area (Å²) in [6.45, 7) is 0.393. The molecule has 2 heterocycles. The number of carbonyl (C=O) groups excluding carboxylic acids is 1. The Morgan fingerprint density at radius 1 is 1.07 bits per heavy atom. The highest BCUT2D eigenvalue weighted by molar-refractivity contribution is 7.99. The number of amides is 1. The summed E-state index contributed by atoms with van der Waals surface area (Å²) in [5.74, 6) is 0.805. The predicted molar refractivity (Wildman–Crippen MR) is 105 cm³/mol. The Bertz CT molecular complexity index is 949. The molecule has 6 heteroatoms. The fraction of sp³-hybridized carbons (Fsp3) is 0.143. The van der Waals surface area contributed by atoms with Gasteiger partial charge >= 0.3 is 0 Å². The van der Waals surface area contributed by atoms with Crippen molar-refractivity contribution < 1.29 is 14.3 Å². The zero-order chi connectivity index (χ0) is 18.6. The summed E-state index contributed by atoms with van der Waals surface area (Å²) in [6.07, 6.45) is 1.43. The second-order valence-corrected chi connectivity index (χ2v) is 7.12. The van der Waals surface area contributed by atoms with Crippen molar-refractivity contribution in [3.05, 3.63) is 89.8 Å². The van der Waals surface area contributed by atoms with E-state index in [2.05, 4.69) is 0 Å². The number of thioether (sulfide) groups is 1. The van der Waals surface area contributed by atoms with Crippen LogP contribution in [0.25, 0.3) is 0 Å². The van der Waals surface area contributed by atoms with Crippen molar-refractivity contribution in [2.45, 2.75) is 11.1 Å². The lowest BCUT2D eigenvalue weighted by atomic mass is 10.0. The number of pyridine rings is 1. The molecule has 1 amide bonds. The van der Waals surface area contributed by atoms with Gasteiger partial charge in [-0.15, -0.1) is 0 Å². The molecule has 0 spiro atoms. The number of nitrogens with zero attached hydrogens (tertiary/aromatic N) is 2. The van der Waals surface area contributed by atoms with Gasteiger partial charge in [0.1, 0.15) is 12.4 Å². The zero-order valence-corrected chi connectivity index (χ0v) is 15.3. The van der Waals surface area contributed by atoms with Crippen LogP contribution in [0, 0.1) is 5.21 Å². The Hall–Kier alpha value is -2.99. The third kappa shape index (κ3) is 3.61. The van der Waals surface area contributed by atoms with Gasteiger partial charge in [-0.05, 0) is 35.5 Å². The first-order chi connectivity index (χ1) is 13.2. The van der Waals surface area contributed by atoms with Crippen LogP contribution in [0.2, 0.25) is 0 Å². The number of rotatable bonds is 4. The average Bonchev–Trinajstić information content (AvgIpc) is 2.72. The minimum atomic E-state index is -0.204. The van der Waals surface area contributed by atoms with Crippen molar-refractivity contribution in [1.82, 2.24) is 0 Å². The molecule has 0 saturated carbocycles. The van der Waals surface area contributed by atoms with Crippen LogP contribution in [0.5, 0.6) is 5.75 Å². The van der Waals surface area contributed by atoms with Crippen molar-refractivity contribution in [2.75, 3.05) is 17.3 Å². The zero-order valence-electron chi connectivity index (χ0n) is 14.5. The normalized spacial score (nSPS) is 15.7. The SMILES string of the molecule is O=C(CSc1cccc[n+]1[O-])N1c2ccccc2OCC1c1ccccc1. The van der Waals surface area contributed by atoms with Crippen LogP contribution in [0.15, 0.2) is 84.0 Å². The number of para-hydroxylation sites is 2. The summed E-state index contributed by atoms with van der Waals surface area (Å²) in [7, 11) is 0. The van der Waals surface area contributed by atoms with E-state index in [0.717, 1.165) is 16.0 Å². The molecule has 0 N–H and O–H groups in total. The maximum atomic E-state index is 13.2. The molecule has 1 unspecified atom stereocenters. The van der Waals surface area contributed by atoms with Crippen molar-refractivity contribution in [3.8, 4) is 5.75 Å². The average molecular weight is 378 g/mol. The molecule has 1 aliphatic rings. The largest absolute Gasteiger partial charge is 0.618 e.